The quantitative estimate of drug-likeness (QED) is 0.327. The molecule has 0 aromatic heterocycles. The van der Waals surface area contributed by atoms with Crippen LogP contribution in [0.15, 0.2) is 66.7 Å². The van der Waals surface area contributed by atoms with Gasteiger partial charge in [-0.1, -0.05) is 72.3 Å². The van der Waals surface area contributed by atoms with Gasteiger partial charge >= 0.3 is 11.9 Å². The van der Waals surface area contributed by atoms with Gasteiger partial charge in [0.2, 0.25) is 5.41 Å². The predicted molar refractivity (Wildman–Crippen MR) is 111 cm³/mol. The summed E-state index contributed by atoms with van der Waals surface area (Å²) in [4.78, 5) is 26.1. The molecule has 0 saturated carbocycles. The molecular formula is C22H22Cl2O4. The number of hydrogen-bond donors (Lipinski definition) is 0. The number of esters is 2. The molecule has 148 valence electrons. The number of carbonyl (C=O) groups is 2. The van der Waals surface area contributed by atoms with Crippen molar-refractivity contribution in [3.8, 4) is 0 Å². The molecule has 0 bridgehead atoms. The maximum Gasteiger partial charge on any atom is 0.329 e. The summed E-state index contributed by atoms with van der Waals surface area (Å²) in [5.74, 6) is -1.63. The Balaban J connectivity index is 2.69. The van der Waals surface area contributed by atoms with Gasteiger partial charge in [0.25, 0.3) is 0 Å². The normalized spacial score (nSPS) is 12.9. The summed E-state index contributed by atoms with van der Waals surface area (Å²) in [7, 11) is 0. The van der Waals surface area contributed by atoms with E-state index in [-0.39, 0.29) is 18.2 Å². The van der Waals surface area contributed by atoms with E-state index >= 15 is 0 Å². The first kappa shape index (κ1) is 22.0. The standard InChI is InChI=1S/C22H22Cl2O4/c1-3-27-20(25)22(21(26)28-4-2,19(24)17-13-9-6-10-14-17)15-18(23)16-11-7-5-8-12-16/h5-15,19H,3-4H2,1-2H3/b18-15-. The average molecular weight is 421 g/mol. The van der Waals surface area contributed by atoms with Crippen LogP contribution in [0, 0.1) is 5.41 Å². The zero-order valence-electron chi connectivity index (χ0n) is 15.7. The van der Waals surface area contributed by atoms with E-state index in [0.717, 1.165) is 0 Å². The van der Waals surface area contributed by atoms with Gasteiger partial charge in [-0.3, -0.25) is 9.59 Å². The Bertz CT molecular complexity index is 801. The van der Waals surface area contributed by atoms with Crippen LogP contribution in [-0.2, 0) is 19.1 Å². The summed E-state index contributed by atoms with van der Waals surface area (Å²) in [5, 5.41) is -0.882. The van der Waals surface area contributed by atoms with E-state index in [1.54, 1.807) is 62.4 Å². The lowest BCUT2D eigenvalue weighted by Gasteiger charge is -2.31. The average Bonchev–Trinajstić information content (AvgIpc) is 2.73. The molecule has 2 rings (SSSR count). The van der Waals surface area contributed by atoms with E-state index < -0.39 is 22.7 Å². The van der Waals surface area contributed by atoms with Gasteiger partial charge in [-0.2, -0.15) is 0 Å². The number of alkyl halides is 1. The van der Waals surface area contributed by atoms with Gasteiger partial charge in [0.05, 0.1) is 18.6 Å². The van der Waals surface area contributed by atoms with Crippen LogP contribution in [0.3, 0.4) is 0 Å². The molecular weight excluding hydrogens is 399 g/mol. The molecule has 0 amide bonds. The Kier molecular flexibility index (Phi) is 8.09. The molecule has 0 spiro atoms. The Morgan fingerprint density at radius 3 is 1.86 bits per heavy atom. The van der Waals surface area contributed by atoms with E-state index in [0.29, 0.717) is 11.1 Å². The second-order valence-electron chi connectivity index (χ2n) is 5.94. The van der Waals surface area contributed by atoms with Crippen molar-refractivity contribution in [2.24, 2.45) is 5.41 Å². The van der Waals surface area contributed by atoms with Gasteiger partial charge in [0, 0.05) is 5.03 Å². The van der Waals surface area contributed by atoms with Crippen molar-refractivity contribution >= 4 is 40.2 Å². The first-order valence-electron chi connectivity index (χ1n) is 8.94. The lowest BCUT2D eigenvalue weighted by Crippen LogP contribution is -2.44. The molecule has 0 heterocycles. The van der Waals surface area contributed by atoms with Crippen LogP contribution in [-0.4, -0.2) is 25.2 Å². The number of ether oxygens (including phenoxy) is 2. The predicted octanol–water partition coefficient (Wildman–Crippen LogP) is 5.36. The van der Waals surface area contributed by atoms with Crippen molar-refractivity contribution in [1.82, 2.24) is 0 Å². The Morgan fingerprint density at radius 1 is 0.929 bits per heavy atom. The number of benzene rings is 2. The SMILES string of the molecule is CCOC(=O)C(/C=C(\Cl)c1ccccc1)(C(=O)OCC)C(Cl)c1ccccc1. The van der Waals surface area contributed by atoms with Crippen LogP contribution in [0.4, 0.5) is 0 Å². The minimum absolute atomic E-state index is 0.0786. The maximum absolute atomic E-state index is 13.1. The van der Waals surface area contributed by atoms with Crippen LogP contribution in [0.1, 0.15) is 30.4 Å². The van der Waals surface area contributed by atoms with Crippen LogP contribution in [0.25, 0.3) is 5.03 Å². The van der Waals surface area contributed by atoms with Crippen molar-refractivity contribution in [2.75, 3.05) is 13.2 Å². The Hall–Kier alpha value is -2.30. The molecule has 0 aliphatic rings. The third-order valence-electron chi connectivity index (χ3n) is 4.12. The summed E-state index contributed by atoms with van der Waals surface area (Å²) >= 11 is 13.2. The fourth-order valence-electron chi connectivity index (χ4n) is 2.75. The largest absolute Gasteiger partial charge is 0.465 e. The molecule has 28 heavy (non-hydrogen) atoms. The summed E-state index contributed by atoms with van der Waals surface area (Å²) < 4.78 is 10.5. The minimum Gasteiger partial charge on any atom is -0.465 e. The summed E-state index contributed by atoms with van der Waals surface area (Å²) in [6.45, 7) is 3.47. The van der Waals surface area contributed by atoms with E-state index in [9.17, 15) is 9.59 Å². The van der Waals surface area contributed by atoms with Crippen LogP contribution in [0.5, 0.6) is 0 Å². The Labute approximate surface area is 175 Å². The van der Waals surface area contributed by atoms with Gasteiger partial charge in [0.15, 0.2) is 0 Å². The van der Waals surface area contributed by atoms with E-state index in [1.807, 2.05) is 12.1 Å². The lowest BCUT2D eigenvalue weighted by molar-refractivity contribution is -0.168. The fraction of sp³-hybridized carbons (Fsp3) is 0.273. The van der Waals surface area contributed by atoms with Gasteiger partial charge in [-0.25, -0.2) is 0 Å². The zero-order chi connectivity index (χ0) is 20.6. The summed E-state index contributed by atoms with van der Waals surface area (Å²) in [6.07, 6.45) is 1.34. The van der Waals surface area contributed by atoms with Crippen LogP contribution >= 0.6 is 23.2 Å². The second kappa shape index (κ2) is 10.3. The maximum atomic E-state index is 13.1. The van der Waals surface area contributed by atoms with Crippen molar-refractivity contribution in [3.63, 3.8) is 0 Å². The molecule has 0 aliphatic heterocycles. The molecule has 0 N–H and O–H groups in total. The van der Waals surface area contributed by atoms with E-state index in [1.165, 1.54) is 6.08 Å². The molecule has 0 fully saturated rings. The zero-order valence-corrected chi connectivity index (χ0v) is 17.2. The molecule has 0 radical (unpaired) electrons. The van der Waals surface area contributed by atoms with E-state index in [4.69, 9.17) is 32.7 Å². The molecule has 1 atom stereocenters. The monoisotopic (exact) mass is 420 g/mol. The van der Waals surface area contributed by atoms with Gasteiger partial charge in [0.1, 0.15) is 0 Å². The molecule has 6 heteroatoms. The minimum atomic E-state index is -1.94. The fourth-order valence-corrected chi connectivity index (χ4v) is 3.43. The van der Waals surface area contributed by atoms with Crippen molar-refractivity contribution in [2.45, 2.75) is 19.2 Å². The van der Waals surface area contributed by atoms with E-state index in [2.05, 4.69) is 0 Å². The Morgan fingerprint density at radius 2 is 1.39 bits per heavy atom. The first-order valence-corrected chi connectivity index (χ1v) is 9.76. The lowest BCUT2D eigenvalue weighted by atomic mass is 9.80. The smallest absolute Gasteiger partial charge is 0.329 e. The number of hydrogen-bond acceptors (Lipinski definition) is 4. The van der Waals surface area contributed by atoms with Gasteiger partial charge < -0.3 is 9.47 Å². The molecule has 4 nitrogen and oxygen atoms in total. The van der Waals surface area contributed by atoms with Crippen molar-refractivity contribution in [3.05, 3.63) is 77.9 Å². The van der Waals surface area contributed by atoms with Gasteiger partial charge in [-0.15, -0.1) is 11.6 Å². The second-order valence-corrected chi connectivity index (χ2v) is 6.79. The van der Waals surface area contributed by atoms with Gasteiger partial charge in [-0.05, 0) is 31.1 Å². The molecule has 0 aliphatic carbocycles. The summed E-state index contributed by atoms with van der Waals surface area (Å²) in [6, 6.07) is 17.8. The van der Waals surface area contributed by atoms with Crippen molar-refractivity contribution in [1.29, 1.82) is 0 Å². The summed E-state index contributed by atoms with van der Waals surface area (Å²) in [5.41, 5.74) is -0.736. The molecule has 2 aromatic carbocycles. The highest BCUT2D eigenvalue weighted by atomic mass is 35.5. The number of carbonyl (C=O) groups excluding carboxylic acids is 2. The third kappa shape index (κ3) is 4.75. The highest BCUT2D eigenvalue weighted by Crippen LogP contribution is 2.45. The first-order chi connectivity index (χ1) is 13.5. The third-order valence-corrected chi connectivity index (χ3v) is 5.05. The molecule has 0 saturated heterocycles. The number of rotatable bonds is 8. The highest BCUT2D eigenvalue weighted by molar-refractivity contribution is 6.49. The van der Waals surface area contributed by atoms with Crippen molar-refractivity contribution < 1.29 is 19.1 Å². The number of halogens is 2. The van der Waals surface area contributed by atoms with Crippen LogP contribution in [0.2, 0.25) is 0 Å². The topological polar surface area (TPSA) is 52.6 Å². The van der Waals surface area contributed by atoms with Crippen LogP contribution < -0.4 is 0 Å². The molecule has 1 unspecified atom stereocenters. The molecule has 2 aromatic rings. The highest BCUT2D eigenvalue weighted by Gasteiger charge is 2.54.